The highest BCUT2D eigenvalue weighted by Gasteiger charge is 2.28. The second-order valence-electron chi connectivity index (χ2n) is 5.49. The number of hydrogen-bond donors (Lipinski definition) is 0. The van der Waals surface area contributed by atoms with E-state index in [1.165, 1.54) is 6.39 Å². The molecule has 0 unspecified atom stereocenters. The Bertz CT molecular complexity index is 851. The lowest BCUT2D eigenvalue weighted by Crippen LogP contribution is -2.36. The summed E-state index contributed by atoms with van der Waals surface area (Å²) in [6.45, 7) is 2.75. The summed E-state index contributed by atoms with van der Waals surface area (Å²) in [5, 5.41) is 0. The molecule has 0 fully saturated rings. The number of amides is 1. The number of rotatable bonds is 2. The van der Waals surface area contributed by atoms with Crippen molar-refractivity contribution in [3.8, 4) is 11.5 Å². The smallest absolute Gasteiger partial charge is 0.276 e. The molecule has 0 radical (unpaired) electrons. The van der Waals surface area contributed by atoms with Gasteiger partial charge in [-0.15, -0.1) is 0 Å². The number of oxazole rings is 2. The van der Waals surface area contributed by atoms with E-state index in [-0.39, 0.29) is 5.91 Å². The van der Waals surface area contributed by atoms with Gasteiger partial charge in [0.1, 0.15) is 17.2 Å². The molecule has 1 aliphatic rings. The molecule has 1 amide bonds. The maximum Gasteiger partial charge on any atom is 0.276 e. The summed E-state index contributed by atoms with van der Waals surface area (Å²) in [4.78, 5) is 22.8. The van der Waals surface area contributed by atoms with E-state index in [2.05, 4.69) is 9.97 Å². The minimum Gasteiger partial charge on any atom is -0.448 e. The van der Waals surface area contributed by atoms with E-state index < -0.39 is 0 Å². The summed E-state index contributed by atoms with van der Waals surface area (Å²) in [6.07, 6.45) is 1.94. The van der Waals surface area contributed by atoms with E-state index in [1.807, 2.05) is 30.3 Å². The molecule has 6 nitrogen and oxygen atoms in total. The summed E-state index contributed by atoms with van der Waals surface area (Å²) in [7, 11) is 0. The molecule has 23 heavy (non-hydrogen) atoms. The third-order valence-corrected chi connectivity index (χ3v) is 3.98. The Morgan fingerprint density at radius 3 is 2.83 bits per heavy atom. The first kappa shape index (κ1) is 13.8. The SMILES string of the molecule is Cc1ocnc1C(=O)N1CCc2oc(-c3ccccc3)nc2C1. The quantitative estimate of drug-likeness (QED) is 0.728. The van der Waals surface area contributed by atoms with Crippen LogP contribution in [0.1, 0.15) is 27.7 Å². The highest BCUT2D eigenvalue weighted by atomic mass is 16.4. The third-order valence-electron chi connectivity index (χ3n) is 3.98. The Morgan fingerprint density at radius 2 is 2.09 bits per heavy atom. The van der Waals surface area contributed by atoms with E-state index >= 15 is 0 Å². The van der Waals surface area contributed by atoms with Crippen LogP contribution < -0.4 is 0 Å². The standard InChI is InChI=1S/C17H15N3O3/c1-11-15(18-10-22-11)17(21)20-8-7-14-13(9-20)19-16(23-14)12-5-3-2-4-6-12/h2-6,10H,7-9H2,1H3. The monoisotopic (exact) mass is 309 g/mol. The Balaban J connectivity index is 1.59. The molecule has 3 aromatic rings. The van der Waals surface area contributed by atoms with Gasteiger partial charge in [-0.05, 0) is 19.1 Å². The predicted molar refractivity (Wildman–Crippen MR) is 81.6 cm³/mol. The second kappa shape index (κ2) is 5.39. The molecule has 0 N–H and O–H groups in total. The first-order chi connectivity index (χ1) is 11.2. The number of fused-ring (bicyclic) bond motifs is 1. The zero-order valence-electron chi connectivity index (χ0n) is 12.7. The Kier molecular flexibility index (Phi) is 3.22. The zero-order chi connectivity index (χ0) is 15.8. The van der Waals surface area contributed by atoms with E-state index in [1.54, 1.807) is 11.8 Å². The fraction of sp³-hybridized carbons (Fsp3) is 0.235. The van der Waals surface area contributed by atoms with Crippen LogP contribution in [0.3, 0.4) is 0 Å². The van der Waals surface area contributed by atoms with Crippen molar-refractivity contribution >= 4 is 5.91 Å². The van der Waals surface area contributed by atoms with Crippen LogP contribution in [0.5, 0.6) is 0 Å². The predicted octanol–water partition coefficient (Wildman–Crippen LogP) is 2.84. The molecule has 3 heterocycles. The molecule has 0 aliphatic carbocycles. The first-order valence-electron chi connectivity index (χ1n) is 7.46. The number of benzene rings is 1. The molecule has 2 aromatic heterocycles. The zero-order valence-corrected chi connectivity index (χ0v) is 12.7. The fourth-order valence-electron chi connectivity index (χ4n) is 2.74. The Morgan fingerprint density at radius 1 is 1.26 bits per heavy atom. The minimum absolute atomic E-state index is 0.133. The van der Waals surface area contributed by atoms with E-state index in [9.17, 15) is 4.79 Å². The molecule has 0 atom stereocenters. The van der Waals surface area contributed by atoms with Crippen molar-refractivity contribution < 1.29 is 13.6 Å². The highest BCUT2D eigenvalue weighted by Crippen LogP contribution is 2.26. The summed E-state index contributed by atoms with van der Waals surface area (Å²) in [5.41, 5.74) is 2.11. The van der Waals surface area contributed by atoms with Crippen LogP contribution in [0.25, 0.3) is 11.5 Å². The lowest BCUT2D eigenvalue weighted by Gasteiger charge is -2.24. The van der Waals surface area contributed by atoms with Crippen LogP contribution in [-0.2, 0) is 13.0 Å². The van der Waals surface area contributed by atoms with Gasteiger partial charge in [0, 0.05) is 18.5 Å². The topological polar surface area (TPSA) is 72.4 Å². The van der Waals surface area contributed by atoms with Crippen LogP contribution >= 0.6 is 0 Å². The van der Waals surface area contributed by atoms with Crippen molar-refractivity contribution in [3.05, 3.63) is 59.6 Å². The first-order valence-corrected chi connectivity index (χ1v) is 7.46. The summed E-state index contributed by atoms with van der Waals surface area (Å²) < 4.78 is 11.0. The van der Waals surface area contributed by atoms with Crippen molar-refractivity contribution in [3.63, 3.8) is 0 Å². The lowest BCUT2D eigenvalue weighted by molar-refractivity contribution is 0.0721. The van der Waals surface area contributed by atoms with Crippen LogP contribution in [0.4, 0.5) is 0 Å². The van der Waals surface area contributed by atoms with Crippen molar-refractivity contribution in [2.24, 2.45) is 0 Å². The molecule has 0 saturated heterocycles. The fourth-order valence-corrected chi connectivity index (χ4v) is 2.74. The summed E-state index contributed by atoms with van der Waals surface area (Å²) >= 11 is 0. The average molecular weight is 309 g/mol. The van der Waals surface area contributed by atoms with Gasteiger partial charge in [-0.3, -0.25) is 4.79 Å². The number of nitrogens with zero attached hydrogens (tertiary/aromatic N) is 3. The number of aryl methyl sites for hydroxylation is 1. The van der Waals surface area contributed by atoms with E-state index in [0.717, 1.165) is 17.0 Å². The summed E-state index contributed by atoms with van der Waals surface area (Å²) in [6, 6.07) is 9.76. The molecule has 0 spiro atoms. The minimum atomic E-state index is -0.133. The molecule has 1 aromatic carbocycles. The van der Waals surface area contributed by atoms with Gasteiger partial charge in [0.05, 0.1) is 6.54 Å². The van der Waals surface area contributed by atoms with Crippen molar-refractivity contribution in [2.45, 2.75) is 19.9 Å². The molecule has 4 rings (SSSR count). The molecule has 1 aliphatic heterocycles. The van der Waals surface area contributed by atoms with E-state index in [4.69, 9.17) is 8.83 Å². The molecule has 0 bridgehead atoms. The molecule has 0 saturated carbocycles. The van der Waals surface area contributed by atoms with Gasteiger partial charge >= 0.3 is 0 Å². The molecule has 116 valence electrons. The van der Waals surface area contributed by atoms with Gasteiger partial charge in [-0.25, -0.2) is 9.97 Å². The normalized spacial score (nSPS) is 13.9. The highest BCUT2D eigenvalue weighted by molar-refractivity contribution is 5.93. The Hall–Kier alpha value is -2.89. The van der Waals surface area contributed by atoms with Gasteiger partial charge in [-0.2, -0.15) is 0 Å². The maximum absolute atomic E-state index is 12.5. The van der Waals surface area contributed by atoms with Crippen LogP contribution in [-0.4, -0.2) is 27.3 Å². The van der Waals surface area contributed by atoms with Crippen LogP contribution in [0, 0.1) is 6.92 Å². The molecule has 6 heteroatoms. The van der Waals surface area contributed by atoms with Crippen LogP contribution in [0.2, 0.25) is 0 Å². The third kappa shape index (κ3) is 2.42. The number of carbonyl (C=O) groups excluding carboxylic acids is 1. The largest absolute Gasteiger partial charge is 0.448 e. The molecular formula is C17H15N3O3. The van der Waals surface area contributed by atoms with Crippen molar-refractivity contribution in [1.82, 2.24) is 14.9 Å². The maximum atomic E-state index is 12.5. The Labute approximate surface area is 132 Å². The number of hydrogen-bond acceptors (Lipinski definition) is 5. The summed E-state index contributed by atoms with van der Waals surface area (Å²) in [5.74, 6) is 1.85. The van der Waals surface area contributed by atoms with Gasteiger partial charge < -0.3 is 13.7 Å². The van der Waals surface area contributed by atoms with Crippen LogP contribution in [0.15, 0.2) is 45.6 Å². The van der Waals surface area contributed by atoms with Gasteiger partial charge in [-0.1, -0.05) is 18.2 Å². The van der Waals surface area contributed by atoms with Crippen molar-refractivity contribution in [1.29, 1.82) is 0 Å². The number of aromatic nitrogens is 2. The molecular weight excluding hydrogens is 294 g/mol. The van der Waals surface area contributed by atoms with E-state index in [0.29, 0.717) is 36.9 Å². The van der Waals surface area contributed by atoms with Crippen molar-refractivity contribution in [2.75, 3.05) is 6.54 Å². The number of carbonyl (C=O) groups is 1. The van der Waals surface area contributed by atoms with Gasteiger partial charge in [0.2, 0.25) is 5.89 Å². The second-order valence-corrected chi connectivity index (χ2v) is 5.49. The average Bonchev–Trinajstić information content (AvgIpc) is 3.20. The van der Waals surface area contributed by atoms with Gasteiger partial charge in [0.25, 0.3) is 5.91 Å². The lowest BCUT2D eigenvalue weighted by atomic mass is 10.1. The van der Waals surface area contributed by atoms with Gasteiger partial charge in [0.15, 0.2) is 12.1 Å².